The second kappa shape index (κ2) is 8.91. The smallest absolute Gasteiger partial charge is 0.315 e. The van der Waals surface area contributed by atoms with Crippen LogP contribution in [0.3, 0.4) is 0 Å². The van der Waals surface area contributed by atoms with Gasteiger partial charge in [-0.2, -0.15) is 0 Å². The van der Waals surface area contributed by atoms with Crippen LogP contribution >= 0.6 is 0 Å². The van der Waals surface area contributed by atoms with Crippen LogP contribution in [0, 0.1) is 0 Å². The summed E-state index contributed by atoms with van der Waals surface area (Å²) in [6.45, 7) is 8.13. The Morgan fingerprint density at radius 3 is 2.43 bits per heavy atom. The van der Waals surface area contributed by atoms with E-state index in [2.05, 4.69) is 10.6 Å². The summed E-state index contributed by atoms with van der Waals surface area (Å²) in [5, 5.41) is 14.9. The number of urea groups is 1. The van der Waals surface area contributed by atoms with Gasteiger partial charge in [0.2, 0.25) is 0 Å². The topological polar surface area (TPSA) is 78.4 Å². The number of hydrogen-bond donors (Lipinski definition) is 3. The molecule has 0 aromatic heterocycles. The average molecular weight is 340 g/mol. The molecule has 0 heterocycles. The number of hydrogen-bond acceptors (Lipinski definition) is 3. The quantitative estimate of drug-likeness (QED) is 0.714. The number of nitrogens with one attached hydrogen (secondary N) is 2. The standard InChI is InChI=1S/C17H28N2O3S/c1-13(5-6-14-7-9-15(20)10-8-14)19-16(21)18-11-12-23(22)17(2,3)4/h7-10,13,20H,5-6,11-12H2,1-4H3,(H2,18,19,21)/t13-,23+/m0/s1. The van der Waals surface area contributed by atoms with Gasteiger partial charge in [-0.05, 0) is 58.2 Å². The van der Waals surface area contributed by atoms with Gasteiger partial charge in [-0.3, -0.25) is 4.21 Å². The molecule has 1 aromatic carbocycles. The molecule has 0 spiro atoms. The molecule has 0 fully saturated rings. The molecule has 0 aliphatic heterocycles. The van der Waals surface area contributed by atoms with Gasteiger partial charge in [0.25, 0.3) is 0 Å². The zero-order valence-corrected chi connectivity index (χ0v) is 15.2. The van der Waals surface area contributed by atoms with E-state index in [1.54, 1.807) is 12.1 Å². The van der Waals surface area contributed by atoms with Crippen molar-refractivity contribution in [1.29, 1.82) is 0 Å². The van der Waals surface area contributed by atoms with Crippen molar-refractivity contribution in [2.75, 3.05) is 12.3 Å². The Labute approximate surface area is 141 Å². The lowest BCUT2D eigenvalue weighted by Gasteiger charge is -2.18. The lowest BCUT2D eigenvalue weighted by atomic mass is 10.1. The van der Waals surface area contributed by atoms with Crippen LogP contribution in [0.15, 0.2) is 24.3 Å². The van der Waals surface area contributed by atoms with Gasteiger partial charge in [-0.15, -0.1) is 0 Å². The molecule has 1 rings (SSSR count). The minimum absolute atomic E-state index is 0.0388. The number of carbonyl (C=O) groups excluding carboxylic acids is 1. The molecule has 0 radical (unpaired) electrons. The van der Waals surface area contributed by atoms with Crippen LogP contribution in [0.5, 0.6) is 5.75 Å². The summed E-state index contributed by atoms with van der Waals surface area (Å²) in [5.41, 5.74) is 1.12. The first-order valence-electron chi connectivity index (χ1n) is 7.89. The Morgan fingerprint density at radius 2 is 1.87 bits per heavy atom. The van der Waals surface area contributed by atoms with E-state index in [9.17, 15) is 14.1 Å². The predicted octanol–water partition coefficient (Wildman–Crippen LogP) is 2.56. The summed E-state index contributed by atoms with van der Waals surface area (Å²) in [7, 11) is -0.960. The molecule has 1 aromatic rings. The summed E-state index contributed by atoms with van der Waals surface area (Å²) in [5.74, 6) is 0.714. The molecule has 23 heavy (non-hydrogen) atoms. The second-order valence-corrected chi connectivity index (χ2v) is 8.99. The average Bonchev–Trinajstić information content (AvgIpc) is 2.45. The SMILES string of the molecule is C[C@@H](CCc1ccc(O)cc1)NC(=O)NCC[S@@](=O)C(C)(C)C. The Hall–Kier alpha value is -1.56. The maximum Gasteiger partial charge on any atom is 0.315 e. The number of benzene rings is 1. The number of phenolic OH excluding ortho intramolecular Hbond substituents is 1. The highest BCUT2D eigenvalue weighted by Gasteiger charge is 2.19. The van der Waals surface area contributed by atoms with Gasteiger partial charge in [0.1, 0.15) is 5.75 Å². The largest absolute Gasteiger partial charge is 0.508 e. The maximum atomic E-state index is 11.9. The number of aryl methyl sites for hydroxylation is 1. The molecule has 130 valence electrons. The summed E-state index contributed by atoms with van der Waals surface area (Å²) < 4.78 is 11.6. The Balaban J connectivity index is 2.23. The van der Waals surface area contributed by atoms with Gasteiger partial charge >= 0.3 is 6.03 Å². The highest BCUT2D eigenvalue weighted by molar-refractivity contribution is 7.86. The van der Waals surface area contributed by atoms with E-state index in [1.165, 1.54) is 0 Å². The van der Waals surface area contributed by atoms with Gasteiger partial charge in [0, 0.05) is 33.9 Å². The van der Waals surface area contributed by atoms with Gasteiger partial charge in [-0.1, -0.05) is 12.1 Å². The van der Waals surface area contributed by atoms with Crippen LogP contribution in [0.4, 0.5) is 4.79 Å². The van der Waals surface area contributed by atoms with Gasteiger partial charge in [0.05, 0.1) is 0 Å². The molecule has 0 saturated heterocycles. The fourth-order valence-corrected chi connectivity index (χ4v) is 2.86. The van der Waals surface area contributed by atoms with Crippen molar-refractivity contribution in [3.8, 4) is 5.75 Å². The van der Waals surface area contributed by atoms with E-state index in [-0.39, 0.29) is 22.6 Å². The molecular weight excluding hydrogens is 312 g/mol. The molecule has 0 saturated carbocycles. The zero-order valence-electron chi connectivity index (χ0n) is 14.4. The van der Waals surface area contributed by atoms with Crippen molar-refractivity contribution < 1.29 is 14.1 Å². The van der Waals surface area contributed by atoms with Crippen LogP contribution in [-0.2, 0) is 17.2 Å². The first kappa shape index (κ1) is 19.5. The lowest BCUT2D eigenvalue weighted by molar-refractivity contribution is 0.238. The molecular formula is C17H28N2O3S. The number of rotatable bonds is 7. The fourth-order valence-electron chi connectivity index (χ4n) is 1.96. The zero-order chi connectivity index (χ0) is 17.5. The van der Waals surface area contributed by atoms with Crippen molar-refractivity contribution >= 4 is 16.8 Å². The summed E-state index contributed by atoms with van der Waals surface area (Å²) in [6.07, 6.45) is 1.64. The van der Waals surface area contributed by atoms with Crippen molar-refractivity contribution in [2.24, 2.45) is 0 Å². The van der Waals surface area contributed by atoms with Crippen LogP contribution in [0.2, 0.25) is 0 Å². The van der Waals surface area contributed by atoms with Crippen LogP contribution in [0.25, 0.3) is 0 Å². The van der Waals surface area contributed by atoms with E-state index in [4.69, 9.17) is 0 Å². The third kappa shape index (κ3) is 8.02. The molecule has 0 aliphatic carbocycles. The third-order valence-corrected chi connectivity index (χ3v) is 5.38. The number of aromatic hydroxyl groups is 1. The Kier molecular flexibility index (Phi) is 7.55. The summed E-state index contributed by atoms with van der Waals surface area (Å²) in [6, 6.07) is 6.89. The monoisotopic (exact) mass is 340 g/mol. The van der Waals surface area contributed by atoms with E-state index < -0.39 is 10.8 Å². The van der Waals surface area contributed by atoms with Crippen molar-refractivity contribution in [3.63, 3.8) is 0 Å². The van der Waals surface area contributed by atoms with Crippen molar-refractivity contribution in [1.82, 2.24) is 10.6 Å². The summed E-state index contributed by atoms with van der Waals surface area (Å²) >= 11 is 0. The number of carbonyl (C=O) groups is 1. The van der Waals surface area contributed by atoms with Gasteiger partial charge in [-0.25, -0.2) is 4.79 Å². The molecule has 0 unspecified atom stereocenters. The number of amides is 2. The molecule has 2 amide bonds. The Morgan fingerprint density at radius 1 is 1.26 bits per heavy atom. The van der Waals surface area contributed by atoms with Crippen LogP contribution in [0.1, 0.15) is 39.7 Å². The first-order valence-corrected chi connectivity index (χ1v) is 9.21. The summed E-state index contributed by atoms with van der Waals surface area (Å²) in [4.78, 5) is 11.8. The van der Waals surface area contributed by atoms with Crippen LogP contribution in [-0.4, -0.2) is 38.4 Å². The van der Waals surface area contributed by atoms with Gasteiger partial charge in [0.15, 0.2) is 0 Å². The molecule has 5 nitrogen and oxygen atoms in total. The second-order valence-electron chi connectivity index (χ2n) is 6.67. The molecule has 6 heteroatoms. The molecule has 3 N–H and O–H groups in total. The van der Waals surface area contributed by atoms with Crippen molar-refractivity contribution in [2.45, 2.75) is 51.3 Å². The minimum Gasteiger partial charge on any atom is -0.508 e. The minimum atomic E-state index is -0.960. The molecule has 0 aliphatic rings. The van der Waals surface area contributed by atoms with E-state index in [1.807, 2.05) is 39.8 Å². The normalized spacial score (nSPS) is 14.1. The highest BCUT2D eigenvalue weighted by atomic mass is 32.2. The fraction of sp³-hybridized carbons (Fsp3) is 0.588. The highest BCUT2D eigenvalue weighted by Crippen LogP contribution is 2.12. The number of phenols is 1. The van der Waals surface area contributed by atoms with Crippen molar-refractivity contribution in [3.05, 3.63) is 29.8 Å². The van der Waals surface area contributed by atoms with Gasteiger partial charge < -0.3 is 15.7 Å². The van der Waals surface area contributed by atoms with E-state index in [0.717, 1.165) is 18.4 Å². The predicted molar refractivity (Wildman–Crippen MR) is 95.2 cm³/mol. The lowest BCUT2D eigenvalue weighted by Crippen LogP contribution is -2.43. The Bertz CT molecular complexity index is 524. The van der Waals surface area contributed by atoms with E-state index in [0.29, 0.717) is 12.3 Å². The molecule has 0 bridgehead atoms. The van der Waals surface area contributed by atoms with Crippen LogP contribution < -0.4 is 10.6 Å². The maximum absolute atomic E-state index is 11.9. The third-order valence-electron chi connectivity index (χ3n) is 3.44. The first-order chi connectivity index (χ1) is 10.7. The molecule has 2 atom stereocenters. The van der Waals surface area contributed by atoms with E-state index >= 15 is 0 Å².